The highest BCUT2D eigenvalue weighted by atomic mass is 35.5. The Balaban J connectivity index is 0.00000192. The van der Waals surface area contributed by atoms with E-state index in [9.17, 15) is 8.42 Å². The highest BCUT2D eigenvalue weighted by Gasteiger charge is 2.45. The SMILES string of the molecule is Cl.NCCN(CCc1ccccc1)S(=O)(=O)N1CC2CCC1C2. The van der Waals surface area contributed by atoms with Gasteiger partial charge in [0, 0.05) is 32.2 Å². The standard InChI is InChI=1S/C16H25N3O2S.ClH/c17-9-11-18(10-8-14-4-2-1-3-5-14)22(20,21)19-13-15-6-7-16(19)12-15;/h1-5,15-16H,6-13,17H2;1H. The first kappa shape index (κ1) is 18.7. The maximum absolute atomic E-state index is 12.9. The Morgan fingerprint density at radius 1 is 1.17 bits per heavy atom. The van der Waals surface area contributed by atoms with Crippen molar-refractivity contribution >= 4 is 22.6 Å². The zero-order chi connectivity index (χ0) is 15.6. The average Bonchev–Trinajstić information content (AvgIpc) is 3.15. The Morgan fingerprint density at radius 3 is 2.48 bits per heavy atom. The smallest absolute Gasteiger partial charge is 0.282 e. The fraction of sp³-hybridized carbons (Fsp3) is 0.625. The van der Waals surface area contributed by atoms with Crippen molar-refractivity contribution in [3.05, 3.63) is 35.9 Å². The lowest BCUT2D eigenvalue weighted by Gasteiger charge is -2.32. The molecule has 2 unspecified atom stereocenters. The molecule has 0 aromatic heterocycles. The molecule has 2 fully saturated rings. The van der Waals surface area contributed by atoms with E-state index in [0.29, 0.717) is 32.1 Å². The summed E-state index contributed by atoms with van der Waals surface area (Å²) in [7, 11) is -3.38. The molecule has 23 heavy (non-hydrogen) atoms. The lowest BCUT2D eigenvalue weighted by Crippen LogP contribution is -2.49. The second-order valence-electron chi connectivity index (χ2n) is 6.33. The third-order valence-corrected chi connectivity index (χ3v) is 6.91. The summed E-state index contributed by atoms with van der Waals surface area (Å²) in [5.41, 5.74) is 6.80. The summed E-state index contributed by atoms with van der Waals surface area (Å²) in [4.78, 5) is 0. The van der Waals surface area contributed by atoms with Crippen LogP contribution in [0.5, 0.6) is 0 Å². The molecule has 130 valence electrons. The Hall–Kier alpha value is -0.660. The largest absolute Gasteiger partial charge is 0.329 e. The van der Waals surface area contributed by atoms with Crippen LogP contribution in [0.2, 0.25) is 0 Å². The Morgan fingerprint density at radius 2 is 1.91 bits per heavy atom. The molecular weight excluding hydrogens is 334 g/mol. The summed E-state index contributed by atoms with van der Waals surface area (Å²) in [5, 5.41) is 0. The summed E-state index contributed by atoms with van der Waals surface area (Å²) >= 11 is 0. The van der Waals surface area contributed by atoms with Crippen LogP contribution in [-0.2, 0) is 16.6 Å². The molecule has 1 aliphatic carbocycles. The predicted molar refractivity (Wildman–Crippen MR) is 94.8 cm³/mol. The maximum Gasteiger partial charge on any atom is 0.282 e. The van der Waals surface area contributed by atoms with E-state index in [1.165, 1.54) is 6.42 Å². The molecule has 1 heterocycles. The van der Waals surface area contributed by atoms with Crippen molar-refractivity contribution in [2.75, 3.05) is 26.2 Å². The minimum atomic E-state index is -3.38. The molecule has 0 spiro atoms. The number of fused-ring (bicyclic) bond motifs is 2. The number of rotatable bonds is 7. The van der Waals surface area contributed by atoms with Crippen molar-refractivity contribution in [2.45, 2.75) is 31.7 Å². The van der Waals surface area contributed by atoms with Crippen LogP contribution in [0.25, 0.3) is 0 Å². The molecule has 3 rings (SSSR count). The molecule has 1 saturated carbocycles. The third kappa shape index (κ3) is 4.06. The molecular formula is C16H26ClN3O2S. The minimum Gasteiger partial charge on any atom is -0.329 e. The number of piperidine rings is 1. The summed E-state index contributed by atoms with van der Waals surface area (Å²) in [6, 6.07) is 10.2. The van der Waals surface area contributed by atoms with E-state index in [-0.39, 0.29) is 18.4 Å². The van der Waals surface area contributed by atoms with Crippen molar-refractivity contribution in [1.29, 1.82) is 0 Å². The maximum atomic E-state index is 12.9. The van der Waals surface area contributed by atoms with E-state index >= 15 is 0 Å². The van der Waals surface area contributed by atoms with Crippen molar-refractivity contribution in [3.63, 3.8) is 0 Å². The third-order valence-electron chi connectivity index (χ3n) is 4.85. The van der Waals surface area contributed by atoms with Crippen LogP contribution in [0.4, 0.5) is 0 Å². The van der Waals surface area contributed by atoms with Gasteiger partial charge >= 0.3 is 0 Å². The van der Waals surface area contributed by atoms with E-state index in [0.717, 1.165) is 24.8 Å². The van der Waals surface area contributed by atoms with Gasteiger partial charge in [0.2, 0.25) is 0 Å². The van der Waals surface area contributed by atoms with Gasteiger partial charge < -0.3 is 5.73 Å². The van der Waals surface area contributed by atoms with Crippen LogP contribution >= 0.6 is 12.4 Å². The van der Waals surface area contributed by atoms with Gasteiger partial charge in [0.25, 0.3) is 10.2 Å². The molecule has 2 bridgehead atoms. The van der Waals surface area contributed by atoms with Crippen LogP contribution in [0.3, 0.4) is 0 Å². The molecule has 5 nitrogen and oxygen atoms in total. The van der Waals surface area contributed by atoms with Gasteiger partial charge in [-0.25, -0.2) is 0 Å². The fourth-order valence-electron chi connectivity index (χ4n) is 3.70. The van der Waals surface area contributed by atoms with Crippen LogP contribution in [-0.4, -0.2) is 49.2 Å². The molecule has 2 N–H and O–H groups in total. The van der Waals surface area contributed by atoms with Crippen LogP contribution in [0.1, 0.15) is 24.8 Å². The molecule has 1 aliphatic heterocycles. The average molecular weight is 360 g/mol. The van der Waals surface area contributed by atoms with E-state index < -0.39 is 10.2 Å². The Kier molecular flexibility index (Phi) is 6.45. The van der Waals surface area contributed by atoms with E-state index in [1.54, 1.807) is 8.61 Å². The van der Waals surface area contributed by atoms with E-state index in [1.807, 2.05) is 30.3 Å². The van der Waals surface area contributed by atoms with Gasteiger partial charge in [-0.1, -0.05) is 30.3 Å². The summed E-state index contributed by atoms with van der Waals surface area (Å²) in [6.07, 6.45) is 3.95. The summed E-state index contributed by atoms with van der Waals surface area (Å²) in [5.74, 6) is 0.564. The van der Waals surface area contributed by atoms with Gasteiger partial charge in [-0.2, -0.15) is 17.0 Å². The van der Waals surface area contributed by atoms with Crippen molar-refractivity contribution in [1.82, 2.24) is 8.61 Å². The number of nitrogens with zero attached hydrogens (tertiary/aromatic N) is 2. The van der Waals surface area contributed by atoms with Crippen LogP contribution in [0.15, 0.2) is 30.3 Å². The van der Waals surface area contributed by atoms with Gasteiger partial charge in [-0.3, -0.25) is 0 Å². The number of halogens is 1. The molecule has 7 heteroatoms. The quantitative estimate of drug-likeness (QED) is 0.804. The molecule has 1 saturated heterocycles. The van der Waals surface area contributed by atoms with Crippen molar-refractivity contribution in [2.24, 2.45) is 11.7 Å². The Labute approximate surface area is 145 Å². The lowest BCUT2D eigenvalue weighted by atomic mass is 10.1. The molecule has 2 aliphatic rings. The Bertz CT molecular complexity index is 597. The number of nitrogens with two attached hydrogens (primary N) is 1. The minimum absolute atomic E-state index is 0. The number of benzene rings is 1. The summed E-state index contributed by atoms with van der Waals surface area (Å²) < 4.78 is 29.2. The van der Waals surface area contributed by atoms with E-state index in [4.69, 9.17) is 5.73 Å². The predicted octanol–water partition coefficient (Wildman–Crippen LogP) is 1.64. The fourth-order valence-corrected chi connectivity index (χ4v) is 5.62. The van der Waals surface area contributed by atoms with Gasteiger partial charge in [0.15, 0.2) is 0 Å². The van der Waals surface area contributed by atoms with Crippen LogP contribution in [0, 0.1) is 5.92 Å². The molecule has 0 radical (unpaired) electrons. The zero-order valence-corrected chi connectivity index (χ0v) is 14.9. The summed E-state index contributed by atoms with van der Waals surface area (Å²) in [6.45, 7) is 1.94. The first-order valence-electron chi connectivity index (χ1n) is 8.12. The molecule has 1 aromatic rings. The van der Waals surface area contributed by atoms with Gasteiger partial charge in [0.05, 0.1) is 0 Å². The number of hydrogen-bond donors (Lipinski definition) is 1. The highest BCUT2D eigenvalue weighted by Crippen LogP contribution is 2.39. The second-order valence-corrected chi connectivity index (χ2v) is 8.21. The lowest BCUT2D eigenvalue weighted by molar-refractivity contribution is 0.294. The first-order chi connectivity index (χ1) is 10.6. The topological polar surface area (TPSA) is 66.6 Å². The van der Waals surface area contributed by atoms with Crippen molar-refractivity contribution < 1.29 is 8.42 Å². The number of hydrogen-bond acceptors (Lipinski definition) is 3. The zero-order valence-electron chi connectivity index (χ0n) is 13.3. The molecule has 0 amide bonds. The first-order valence-corrected chi connectivity index (χ1v) is 9.52. The highest BCUT2D eigenvalue weighted by molar-refractivity contribution is 7.86. The van der Waals surface area contributed by atoms with Crippen LogP contribution < -0.4 is 5.73 Å². The van der Waals surface area contributed by atoms with Gasteiger partial charge in [0.1, 0.15) is 0 Å². The molecule has 1 aromatic carbocycles. The molecule has 2 atom stereocenters. The second kappa shape index (κ2) is 7.94. The van der Waals surface area contributed by atoms with Crippen molar-refractivity contribution in [3.8, 4) is 0 Å². The van der Waals surface area contributed by atoms with Gasteiger partial charge in [-0.15, -0.1) is 12.4 Å². The normalized spacial score (nSPS) is 24.1. The van der Waals surface area contributed by atoms with Gasteiger partial charge in [-0.05, 0) is 37.2 Å². The monoisotopic (exact) mass is 359 g/mol. The van der Waals surface area contributed by atoms with E-state index in [2.05, 4.69) is 0 Å².